The first kappa shape index (κ1) is 27.4. The Kier molecular flexibility index (Phi) is 8.88. The topological polar surface area (TPSA) is 108 Å². The van der Waals surface area contributed by atoms with Gasteiger partial charge in [-0.15, -0.1) is 6.42 Å². The van der Waals surface area contributed by atoms with Crippen molar-refractivity contribution in [1.82, 2.24) is 10.3 Å². The summed E-state index contributed by atoms with van der Waals surface area (Å²) in [5.41, 5.74) is 4.58. The first-order chi connectivity index (χ1) is 20.1. The third kappa shape index (κ3) is 7.09. The number of fused-ring (bicyclic) bond motifs is 1. The summed E-state index contributed by atoms with van der Waals surface area (Å²) in [6.45, 7) is 2.32. The maximum atomic E-state index is 12.9. The minimum absolute atomic E-state index is 0.136. The van der Waals surface area contributed by atoms with Gasteiger partial charge >= 0.3 is 0 Å². The van der Waals surface area contributed by atoms with Crippen LogP contribution >= 0.6 is 0 Å². The average molecular weight is 544 g/mol. The second-order valence-corrected chi connectivity index (χ2v) is 9.49. The Morgan fingerprint density at radius 1 is 1.17 bits per heavy atom. The third-order valence-corrected chi connectivity index (χ3v) is 6.53. The van der Waals surface area contributed by atoms with E-state index in [0.29, 0.717) is 65.5 Å². The summed E-state index contributed by atoms with van der Waals surface area (Å²) in [4.78, 5) is 17.4. The van der Waals surface area contributed by atoms with Crippen molar-refractivity contribution in [3.8, 4) is 24.2 Å². The number of ether oxygens (including phenoxy) is 2. The summed E-state index contributed by atoms with van der Waals surface area (Å²) < 4.78 is 11.7. The molecule has 3 N–H and O–H groups in total. The number of carbonyl (C=O) groups is 1. The van der Waals surface area contributed by atoms with Crippen LogP contribution in [-0.4, -0.2) is 36.8 Å². The van der Waals surface area contributed by atoms with E-state index >= 15 is 0 Å². The van der Waals surface area contributed by atoms with Crippen molar-refractivity contribution in [3.05, 3.63) is 102 Å². The molecule has 5 rings (SSSR count). The SMILES string of the molecule is C#Cc1cccc(Nc2c(C#N)cnc3cc(OC4CCOC4)c(NC(=O)C=CCNCc4ccccc4)cc23)c1. The van der Waals surface area contributed by atoms with Gasteiger partial charge in [-0.3, -0.25) is 9.78 Å². The molecule has 1 saturated heterocycles. The number of hydrogen-bond donors (Lipinski definition) is 3. The Balaban J connectivity index is 1.41. The van der Waals surface area contributed by atoms with Crippen LogP contribution in [0.25, 0.3) is 10.9 Å². The number of aromatic nitrogens is 1. The number of anilines is 3. The van der Waals surface area contributed by atoms with Crippen LogP contribution in [0.3, 0.4) is 0 Å². The normalized spacial score (nSPS) is 14.4. The fourth-order valence-corrected chi connectivity index (χ4v) is 4.49. The Morgan fingerprint density at radius 3 is 2.83 bits per heavy atom. The van der Waals surface area contributed by atoms with Crippen molar-refractivity contribution < 1.29 is 14.3 Å². The fourth-order valence-electron chi connectivity index (χ4n) is 4.49. The lowest BCUT2D eigenvalue weighted by atomic mass is 10.1. The highest BCUT2D eigenvalue weighted by Crippen LogP contribution is 2.37. The molecular weight excluding hydrogens is 514 g/mol. The number of nitrogens with one attached hydrogen (secondary N) is 3. The first-order valence-electron chi connectivity index (χ1n) is 13.3. The Bertz CT molecular complexity index is 1650. The number of pyridine rings is 1. The predicted molar refractivity (Wildman–Crippen MR) is 160 cm³/mol. The molecule has 1 amide bonds. The number of carbonyl (C=O) groups excluding carboxylic acids is 1. The maximum Gasteiger partial charge on any atom is 0.248 e. The molecule has 0 radical (unpaired) electrons. The van der Waals surface area contributed by atoms with Gasteiger partial charge in [0.2, 0.25) is 5.91 Å². The number of rotatable bonds is 10. The molecule has 2 heterocycles. The number of nitriles is 1. The zero-order valence-corrected chi connectivity index (χ0v) is 22.4. The summed E-state index contributed by atoms with van der Waals surface area (Å²) >= 11 is 0. The third-order valence-electron chi connectivity index (χ3n) is 6.53. The molecule has 4 aromatic rings. The van der Waals surface area contributed by atoms with Gasteiger partial charge in [-0.1, -0.05) is 48.4 Å². The monoisotopic (exact) mass is 543 g/mol. The molecule has 0 bridgehead atoms. The number of benzene rings is 3. The van der Waals surface area contributed by atoms with Crippen LogP contribution in [0.5, 0.6) is 5.75 Å². The predicted octanol–water partition coefficient (Wildman–Crippen LogP) is 5.28. The molecule has 0 saturated carbocycles. The van der Waals surface area contributed by atoms with Gasteiger partial charge in [0, 0.05) is 54.5 Å². The molecule has 1 fully saturated rings. The smallest absolute Gasteiger partial charge is 0.248 e. The van der Waals surface area contributed by atoms with Crippen LogP contribution in [0.2, 0.25) is 0 Å². The summed E-state index contributed by atoms with van der Waals surface area (Å²) in [5.74, 6) is 2.80. The molecule has 41 heavy (non-hydrogen) atoms. The molecule has 0 aliphatic carbocycles. The number of hydrogen-bond acceptors (Lipinski definition) is 7. The first-order valence-corrected chi connectivity index (χ1v) is 13.3. The highest BCUT2D eigenvalue weighted by molar-refractivity contribution is 6.04. The molecule has 8 nitrogen and oxygen atoms in total. The molecule has 204 valence electrons. The van der Waals surface area contributed by atoms with Gasteiger partial charge in [-0.2, -0.15) is 5.26 Å². The van der Waals surface area contributed by atoms with Crippen molar-refractivity contribution in [2.24, 2.45) is 0 Å². The van der Waals surface area contributed by atoms with Crippen LogP contribution in [0.4, 0.5) is 17.1 Å². The van der Waals surface area contributed by atoms with E-state index in [1.807, 2.05) is 54.6 Å². The van der Waals surface area contributed by atoms with Gasteiger partial charge < -0.3 is 25.4 Å². The average Bonchev–Trinajstić information content (AvgIpc) is 3.51. The van der Waals surface area contributed by atoms with Gasteiger partial charge in [0.15, 0.2) is 0 Å². The summed E-state index contributed by atoms with van der Waals surface area (Å²) in [7, 11) is 0. The van der Waals surface area contributed by atoms with E-state index in [1.165, 1.54) is 17.8 Å². The molecule has 1 atom stereocenters. The zero-order chi connectivity index (χ0) is 28.4. The molecular formula is C33H29N5O3. The summed E-state index contributed by atoms with van der Waals surface area (Å²) in [6, 6.07) is 23.2. The van der Waals surface area contributed by atoms with Gasteiger partial charge in [0.25, 0.3) is 0 Å². The van der Waals surface area contributed by atoms with Crippen LogP contribution < -0.4 is 20.7 Å². The van der Waals surface area contributed by atoms with Crippen LogP contribution in [-0.2, 0) is 16.1 Å². The standard InChI is InChI=1S/C33H29N5O3/c1-2-23-10-6-11-26(16-23)37-33-25(19-34)21-36-29-18-31(41-27-13-15-40-22-27)30(17-28(29)33)38-32(39)12-7-14-35-20-24-8-4-3-5-9-24/h1,3-12,16-18,21,27,35H,13-15,20,22H2,(H,36,37)(H,38,39). The van der Waals surface area contributed by atoms with E-state index in [9.17, 15) is 10.1 Å². The highest BCUT2D eigenvalue weighted by Gasteiger charge is 2.21. The molecule has 8 heteroatoms. The molecule has 1 unspecified atom stereocenters. The molecule has 1 aliphatic heterocycles. The minimum atomic E-state index is -0.306. The Hall–Kier alpha value is -5.15. The van der Waals surface area contributed by atoms with Crippen molar-refractivity contribution in [2.75, 3.05) is 30.4 Å². The van der Waals surface area contributed by atoms with Gasteiger partial charge in [0.05, 0.1) is 35.7 Å². The lowest BCUT2D eigenvalue weighted by Gasteiger charge is -2.18. The lowest BCUT2D eigenvalue weighted by Crippen LogP contribution is -2.18. The minimum Gasteiger partial charge on any atom is -0.486 e. The molecule has 0 spiro atoms. The quantitative estimate of drug-likeness (QED) is 0.142. The van der Waals surface area contributed by atoms with Crippen molar-refractivity contribution in [2.45, 2.75) is 19.1 Å². The van der Waals surface area contributed by atoms with E-state index in [4.69, 9.17) is 15.9 Å². The van der Waals surface area contributed by atoms with Crippen molar-refractivity contribution in [1.29, 1.82) is 5.26 Å². The van der Waals surface area contributed by atoms with Crippen molar-refractivity contribution in [3.63, 3.8) is 0 Å². The number of terminal acetylenes is 1. The zero-order valence-electron chi connectivity index (χ0n) is 22.4. The van der Waals surface area contributed by atoms with Crippen LogP contribution in [0.1, 0.15) is 23.1 Å². The largest absolute Gasteiger partial charge is 0.486 e. The Morgan fingerprint density at radius 2 is 2.05 bits per heavy atom. The molecule has 1 aromatic heterocycles. The lowest BCUT2D eigenvalue weighted by molar-refractivity contribution is -0.111. The highest BCUT2D eigenvalue weighted by atomic mass is 16.5. The van der Waals surface area contributed by atoms with Crippen LogP contribution in [0.15, 0.2) is 85.1 Å². The van der Waals surface area contributed by atoms with E-state index < -0.39 is 0 Å². The number of nitrogens with zero attached hydrogens (tertiary/aromatic N) is 2. The Labute approximate surface area is 239 Å². The van der Waals surface area contributed by atoms with E-state index in [-0.39, 0.29) is 12.0 Å². The molecule has 3 aromatic carbocycles. The summed E-state index contributed by atoms with van der Waals surface area (Å²) in [6.07, 6.45) is 11.0. The second kappa shape index (κ2) is 13.3. The second-order valence-electron chi connectivity index (χ2n) is 9.49. The van der Waals surface area contributed by atoms with E-state index in [2.05, 4.69) is 32.9 Å². The van der Waals surface area contributed by atoms with Gasteiger partial charge in [0.1, 0.15) is 17.9 Å². The van der Waals surface area contributed by atoms with Gasteiger partial charge in [-0.05, 0) is 29.8 Å². The van der Waals surface area contributed by atoms with E-state index in [0.717, 1.165) is 12.1 Å². The van der Waals surface area contributed by atoms with E-state index in [1.54, 1.807) is 18.2 Å². The van der Waals surface area contributed by atoms with Gasteiger partial charge in [-0.25, -0.2) is 0 Å². The van der Waals surface area contributed by atoms with Crippen molar-refractivity contribution >= 4 is 33.9 Å². The van der Waals surface area contributed by atoms with Crippen LogP contribution in [0, 0.1) is 23.7 Å². The molecule has 1 aliphatic rings. The number of amides is 1. The maximum absolute atomic E-state index is 12.9. The fraction of sp³-hybridized carbons (Fsp3) is 0.182. The summed E-state index contributed by atoms with van der Waals surface area (Å²) in [5, 5.41) is 20.1.